The smallest absolute Gasteiger partial charge is 0.408 e. The quantitative estimate of drug-likeness (QED) is 0.814. The number of ether oxygens (including phenoxy) is 1. The zero-order chi connectivity index (χ0) is 15.8. The number of Topliss-reactive ketones (excluding diaryl/α,β-unsaturated/α-hetero) is 1. The molecule has 0 saturated carbocycles. The molecule has 118 valence electrons. The molecule has 0 unspecified atom stereocenters. The fourth-order valence-electron chi connectivity index (χ4n) is 4.83. The molecular formula is C18H18N2O3. The van der Waals surface area contributed by atoms with Crippen molar-refractivity contribution in [1.29, 1.82) is 0 Å². The van der Waals surface area contributed by atoms with E-state index >= 15 is 0 Å². The van der Waals surface area contributed by atoms with E-state index in [9.17, 15) is 9.59 Å². The molecule has 0 radical (unpaired) electrons. The minimum atomic E-state index is -0.732. The van der Waals surface area contributed by atoms with Crippen molar-refractivity contribution in [2.24, 2.45) is 0 Å². The molecule has 1 amide bonds. The van der Waals surface area contributed by atoms with Crippen LogP contribution < -0.4 is 5.32 Å². The van der Waals surface area contributed by atoms with E-state index in [2.05, 4.69) is 22.0 Å². The van der Waals surface area contributed by atoms with Gasteiger partial charge >= 0.3 is 6.09 Å². The van der Waals surface area contributed by atoms with Gasteiger partial charge in [-0.15, -0.1) is 0 Å². The second-order valence-electron chi connectivity index (χ2n) is 7.11. The number of carbonyl (C=O) groups is 2. The first-order valence-corrected chi connectivity index (χ1v) is 8.18. The van der Waals surface area contributed by atoms with Crippen LogP contribution in [-0.4, -0.2) is 22.0 Å². The van der Waals surface area contributed by atoms with Gasteiger partial charge in [-0.25, -0.2) is 4.79 Å². The number of amides is 1. The van der Waals surface area contributed by atoms with Gasteiger partial charge in [0.1, 0.15) is 16.9 Å². The number of ketones is 1. The van der Waals surface area contributed by atoms with Gasteiger partial charge in [-0.1, -0.05) is 18.2 Å². The van der Waals surface area contributed by atoms with E-state index in [4.69, 9.17) is 4.74 Å². The summed E-state index contributed by atoms with van der Waals surface area (Å²) in [5, 5.41) is 4.23. The number of benzene rings is 1. The van der Waals surface area contributed by atoms with Crippen LogP contribution in [0.25, 0.3) is 10.9 Å². The maximum atomic E-state index is 12.5. The van der Waals surface area contributed by atoms with Crippen LogP contribution in [-0.2, 0) is 28.0 Å². The molecule has 5 rings (SSSR count). The highest BCUT2D eigenvalue weighted by atomic mass is 16.6. The number of hydrogen-bond acceptors (Lipinski definition) is 3. The number of rotatable bonds is 0. The Kier molecular flexibility index (Phi) is 2.27. The van der Waals surface area contributed by atoms with Crippen molar-refractivity contribution in [3.8, 4) is 0 Å². The topological polar surface area (TPSA) is 60.3 Å². The van der Waals surface area contributed by atoms with Gasteiger partial charge in [0.25, 0.3) is 0 Å². The number of aryl methyl sites for hydroxylation is 2. The largest absolute Gasteiger partial charge is 0.440 e. The van der Waals surface area contributed by atoms with Crippen molar-refractivity contribution < 1.29 is 14.3 Å². The molecule has 1 N–H and O–H groups in total. The summed E-state index contributed by atoms with van der Waals surface area (Å²) in [4.78, 5) is 24.6. The molecule has 2 atom stereocenters. The zero-order valence-corrected chi connectivity index (χ0v) is 13.0. The van der Waals surface area contributed by atoms with E-state index in [-0.39, 0.29) is 5.78 Å². The highest BCUT2D eigenvalue weighted by molar-refractivity contribution is 5.91. The number of nitrogens with zero attached hydrogens (tertiary/aromatic N) is 1. The monoisotopic (exact) mass is 310 g/mol. The SMILES string of the molecule is C[C@@]12CCn3c4c(c5ccccc53)CCC(=O)C[C@@]41NC(=O)O2. The van der Waals surface area contributed by atoms with Crippen molar-refractivity contribution >= 4 is 22.8 Å². The second-order valence-corrected chi connectivity index (χ2v) is 7.11. The normalized spacial score (nSPS) is 32.0. The lowest BCUT2D eigenvalue weighted by molar-refractivity contribution is -0.122. The number of hydrogen-bond donors (Lipinski definition) is 1. The van der Waals surface area contributed by atoms with Gasteiger partial charge in [0.15, 0.2) is 0 Å². The molecular weight excluding hydrogens is 292 g/mol. The standard InChI is InChI=1S/C18H18N2O3/c1-17-8-9-20-14-5-3-2-4-12(14)13-7-6-11(21)10-18(17,15(13)20)19-16(22)23-17/h2-5H,6-10H2,1H3,(H,19,22)/t17-,18-/m1/s1. The lowest BCUT2D eigenvalue weighted by Gasteiger charge is -2.44. The Morgan fingerprint density at radius 3 is 2.91 bits per heavy atom. The highest BCUT2D eigenvalue weighted by Gasteiger charge is 2.63. The summed E-state index contributed by atoms with van der Waals surface area (Å²) in [5.41, 5.74) is 2.08. The van der Waals surface area contributed by atoms with Crippen LogP contribution in [0, 0.1) is 0 Å². The van der Waals surface area contributed by atoms with E-state index in [1.54, 1.807) is 0 Å². The summed E-state index contributed by atoms with van der Waals surface area (Å²) in [5.74, 6) is 0.191. The van der Waals surface area contributed by atoms with Gasteiger partial charge in [-0.2, -0.15) is 0 Å². The van der Waals surface area contributed by atoms with E-state index < -0.39 is 17.2 Å². The van der Waals surface area contributed by atoms with Crippen LogP contribution in [0.5, 0.6) is 0 Å². The number of fused-ring (bicyclic) bond motifs is 3. The molecule has 3 aliphatic rings. The van der Waals surface area contributed by atoms with Gasteiger partial charge in [-0.05, 0) is 25.0 Å². The molecule has 3 heterocycles. The minimum Gasteiger partial charge on any atom is -0.440 e. The average molecular weight is 310 g/mol. The Morgan fingerprint density at radius 1 is 1.22 bits per heavy atom. The van der Waals surface area contributed by atoms with E-state index in [1.807, 2.05) is 19.1 Å². The van der Waals surface area contributed by atoms with Crippen molar-refractivity contribution in [3.05, 3.63) is 35.5 Å². The van der Waals surface area contributed by atoms with Crippen LogP contribution in [0.1, 0.15) is 37.4 Å². The first-order chi connectivity index (χ1) is 11.0. The number of para-hydroxylation sites is 1. The van der Waals surface area contributed by atoms with Gasteiger partial charge in [0.05, 0.1) is 5.69 Å². The third kappa shape index (κ3) is 1.43. The molecule has 1 saturated heterocycles. The summed E-state index contributed by atoms with van der Waals surface area (Å²) >= 11 is 0. The van der Waals surface area contributed by atoms with Crippen molar-refractivity contribution in [2.75, 3.05) is 0 Å². The molecule has 1 aromatic heterocycles. The zero-order valence-electron chi connectivity index (χ0n) is 13.0. The highest BCUT2D eigenvalue weighted by Crippen LogP contribution is 2.53. The Bertz CT molecular complexity index is 884. The maximum absolute atomic E-state index is 12.5. The van der Waals surface area contributed by atoms with Crippen LogP contribution >= 0.6 is 0 Å². The van der Waals surface area contributed by atoms with Gasteiger partial charge in [0, 0.05) is 36.7 Å². The molecule has 23 heavy (non-hydrogen) atoms. The third-order valence-electron chi connectivity index (χ3n) is 5.94. The Hall–Kier alpha value is -2.30. The number of aromatic nitrogens is 1. The predicted molar refractivity (Wildman–Crippen MR) is 84.2 cm³/mol. The first kappa shape index (κ1) is 13.2. The summed E-state index contributed by atoms with van der Waals surface area (Å²) in [7, 11) is 0. The molecule has 1 aliphatic carbocycles. The summed E-state index contributed by atoms with van der Waals surface area (Å²) in [6, 6.07) is 8.32. The fraction of sp³-hybridized carbons (Fsp3) is 0.444. The van der Waals surface area contributed by atoms with E-state index in [0.29, 0.717) is 19.3 Å². The molecule has 5 nitrogen and oxygen atoms in total. The molecule has 5 heteroatoms. The lowest BCUT2D eigenvalue weighted by atomic mass is 9.71. The Labute approximate surface area is 133 Å². The molecule has 1 fully saturated rings. The summed E-state index contributed by atoms with van der Waals surface area (Å²) in [6.07, 6.45) is 1.87. The van der Waals surface area contributed by atoms with Crippen molar-refractivity contribution in [2.45, 2.75) is 50.3 Å². The molecule has 0 bridgehead atoms. The van der Waals surface area contributed by atoms with Crippen LogP contribution in [0.4, 0.5) is 4.79 Å². The Balaban J connectivity index is 1.92. The first-order valence-electron chi connectivity index (χ1n) is 8.18. The fourth-order valence-corrected chi connectivity index (χ4v) is 4.83. The van der Waals surface area contributed by atoms with Crippen molar-refractivity contribution in [3.63, 3.8) is 0 Å². The molecule has 2 aromatic rings. The summed E-state index contributed by atoms with van der Waals surface area (Å²) in [6.45, 7) is 2.77. The van der Waals surface area contributed by atoms with Crippen molar-refractivity contribution in [1.82, 2.24) is 9.88 Å². The minimum absolute atomic E-state index is 0.191. The average Bonchev–Trinajstić information content (AvgIpc) is 2.90. The van der Waals surface area contributed by atoms with E-state index in [1.165, 1.54) is 16.5 Å². The van der Waals surface area contributed by atoms with Crippen LogP contribution in [0.15, 0.2) is 24.3 Å². The van der Waals surface area contributed by atoms with Gasteiger partial charge in [-0.3, -0.25) is 4.79 Å². The van der Waals surface area contributed by atoms with Crippen LogP contribution in [0.2, 0.25) is 0 Å². The number of carbonyl (C=O) groups excluding carboxylic acids is 2. The van der Waals surface area contributed by atoms with Crippen LogP contribution in [0.3, 0.4) is 0 Å². The maximum Gasteiger partial charge on any atom is 0.408 e. The van der Waals surface area contributed by atoms with E-state index in [0.717, 1.165) is 18.7 Å². The molecule has 2 aliphatic heterocycles. The Morgan fingerprint density at radius 2 is 2.04 bits per heavy atom. The molecule has 1 spiro atoms. The molecule has 1 aromatic carbocycles. The second kappa shape index (κ2) is 3.96. The number of nitrogens with one attached hydrogen (secondary N) is 1. The predicted octanol–water partition coefficient (Wildman–Crippen LogP) is 2.64. The number of alkyl carbamates (subject to hydrolysis) is 1. The van der Waals surface area contributed by atoms with Gasteiger partial charge in [0.2, 0.25) is 0 Å². The van der Waals surface area contributed by atoms with Gasteiger partial charge < -0.3 is 14.6 Å². The lowest BCUT2D eigenvalue weighted by Crippen LogP contribution is -2.57. The third-order valence-corrected chi connectivity index (χ3v) is 5.94. The summed E-state index contributed by atoms with van der Waals surface area (Å²) < 4.78 is 7.97.